The number of thioether (sulfide) groups is 1. The number of hydrogen-bond acceptors (Lipinski definition) is 4. The molecule has 174 valence electrons. The van der Waals surface area contributed by atoms with Crippen LogP contribution in [-0.2, 0) is 20.5 Å². The van der Waals surface area contributed by atoms with Crippen LogP contribution < -0.4 is 5.32 Å². The van der Waals surface area contributed by atoms with Crippen molar-refractivity contribution in [2.75, 3.05) is 19.7 Å². The third-order valence-corrected chi connectivity index (χ3v) is 7.62. The number of rotatable bonds is 5. The van der Waals surface area contributed by atoms with E-state index >= 15 is 0 Å². The van der Waals surface area contributed by atoms with Gasteiger partial charge in [0.2, 0.25) is 5.91 Å². The van der Waals surface area contributed by atoms with Crippen molar-refractivity contribution in [3.8, 4) is 0 Å². The molecule has 2 amide bonds. The average Bonchev–Trinajstić information content (AvgIpc) is 3.29. The molecule has 0 bridgehead atoms. The van der Waals surface area contributed by atoms with Crippen LogP contribution in [0.3, 0.4) is 0 Å². The van der Waals surface area contributed by atoms with E-state index in [0.717, 1.165) is 50.7 Å². The van der Waals surface area contributed by atoms with Crippen LogP contribution in [0, 0.1) is 0 Å². The lowest BCUT2D eigenvalue weighted by molar-refractivity contribution is -0.137. The van der Waals surface area contributed by atoms with Gasteiger partial charge < -0.3 is 15.0 Å². The van der Waals surface area contributed by atoms with E-state index in [1.54, 1.807) is 11.0 Å². The van der Waals surface area contributed by atoms with Crippen molar-refractivity contribution in [3.05, 3.63) is 40.3 Å². The summed E-state index contributed by atoms with van der Waals surface area (Å²) in [6.45, 7) is 1.14. The molecule has 1 N–H and O–H groups in total. The number of ether oxygens (including phenoxy) is 1. The first-order valence-corrected chi connectivity index (χ1v) is 11.9. The molecular formula is C23H27F3N2O3S. The van der Waals surface area contributed by atoms with Gasteiger partial charge in [-0.1, -0.05) is 25.0 Å². The SMILES string of the molecule is O=C(CN1C(=O)/C(=C\c2ccc(C(F)(F)F)cc2)SC2CCCCC21)NCC1CCCO1. The Morgan fingerprint density at radius 1 is 1.16 bits per heavy atom. The summed E-state index contributed by atoms with van der Waals surface area (Å²) in [5.74, 6) is -0.440. The van der Waals surface area contributed by atoms with Gasteiger partial charge in [-0.3, -0.25) is 9.59 Å². The fourth-order valence-electron chi connectivity index (χ4n) is 4.53. The lowest BCUT2D eigenvalue weighted by Gasteiger charge is -2.43. The standard InChI is InChI=1S/C23H27F3N2O3S/c24-23(25,26)16-9-7-15(8-10-16)12-20-22(30)28(18-5-1-2-6-19(18)32-20)14-21(29)27-13-17-4-3-11-31-17/h7-10,12,17-19H,1-6,11,13-14H2,(H,27,29)/b20-12+. The van der Waals surface area contributed by atoms with Crippen LogP contribution in [0.5, 0.6) is 0 Å². The smallest absolute Gasteiger partial charge is 0.376 e. The van der Waals surface area contributed by atoms with E-state index in [1.807, 2.05) is 0 Å². The van der Waals surface area contributed by atoms with E-state index in [4.69, 9.17) is 4.74 Å². The molecule has 0 aromatic heterocycles. The van der Waals surface area contributed by atoms with E-state index in [0.29, 0.717) is 23.6 Å². The van der Waals surface area contributed by atoms with Gasteiger partial charge in [-0.25, -0.2) is 0 Å². The van der Waals surface area contributed by atoms with Gasteiger partial charge in [0, 0.05) is 24.4 Å². The van der Waals surface area contributed by atoms with Gasteiger partial charge in [-0.15, -0.1) is 11.8 Å². The zero-order chi connectivity index (χ0) is 22.7. The minimum atomic E-state index is -4.40. The predicted octanol–water partition coefficient (Wildman–Crippen LogP) is 4.23. The molecule has 1 aromatic carbocycles. The van der Waals surface area contributed by atoms with E-state index in [2.05, 4.69) is 5.32 Å². The molecule has 2 heterocycles. The van der Waals surface area contributed by atoms with Crippen LogP contribution in [0.25, 0.3) is 6.08 Å². The molecule has 32 heavy (non-hydrogen) atoms. The summed E-state index contributed by atoms with van der Waals surface area (Å²) in [5.41, 5.74) is -0.190. The molecular weight excluding hydrogens is 441 g/mol. The molecule has 5 nitrogen and oxygen atoms in total. The van der Waals surface area contributed by atoms with Crippen LogP contribution in [-0.4, -0.2) is 53.8 Å². The first-order chi connectivity index (χ1) is 15.3. The Kier molecular flexibility index (Phi) is 7.14. The Morgan fingerprint density at radius 2 is 1.91 bits per heavy atom. The number of carbonyl (C=O) groups excluding carboxylic acids is 2. The van der Waals surface area contributed by atoms with Crippen molar-refractivity contribution in [1.82, 2.24) is 10.2 Å². The minimum absolute atomic E-state index is 0.000476. The maximum absolute atomic E-state index is 13.3. The molecule has 3 fully saturated rings. The second kappa shape index (κ2) is 9.87. The molecule has 1 saturated carbocycles. The molecule has 3 unspecified atom stereocenters. The van der Waals surface area contributed by atoms with E-state index in [-0.39, 0.29) is 35.8 Å². The fraction of sp³-hybridized carbons (Fsp3) is 0.565. The molecule has 2 aliphatic heterocycles. The van der Waals surface area contributed by atoms with Gasteiger partial charge in [0.15, 0.2) is 0 Å². The van der Waals surface area contributed by atoms with Gasteiger partial charge in [0.1, 0.15) is 6.54 Å². The van der Waals surface area contributed by atoms with Crippen LogP contribution in [0.15, 0.2) is 29.2 Å². The highest BCUT2D eigenvalue weighted by molar-refractivity contribution is 8.04. The number of carbonyl (C=O) groups is 2. The van der Waals surface area contributed by atoms with Crippen molar-refractivity contribution in [2.24, 2.45) is 0 Å². The number of alkyl halides is 3. The van der Waals surface area contributed by atoms with Crippen LogP contribution >= 0.6 is 11.8 Å². The van der Waals surface area contributed by atoms with Crippen molar-refractivity contribution in [1.29, 1.82) is 0 Å². The number of benzene rings is 1. The lowest BCUT2D eigenvalue weighted by Crippen LogP contribution is -2.54. The monoisotopic (exact) mass is 468 g/mol. The molecule has 0 spiro atoms. The van der Waals surface area contributed by atoms with Gasteiger partial charge in [-0.05, 0) is 49.5 Å². The fourth-order valence-corrected chi connectivity index (χ4v) is 6.00. The maximum atomic E-state index is 13.3. The Hall–Kier alpha value is -2.00. The third kappa shape index (κ3) is 5.49. The largest absolute Gasteiger partial charge is 0.416 e. The summed E-state index contributed by atoms with van der Waals surface area (Å²) in [7, 11) is 0. The highest BCUT2D eigenvalue weighted by Crippen LogP contribution is 2.42. The first kappa shape index (κ1) is 23.2. The first-order valence-electron chi connectivity index (χ1n) is 11.1. The number of hydrogen-bond donors (Lipinski definition) is 1. The minimum Gasteiger partial charge on any atom is -0.376 e. The van der Waals surface area contributed by atoms with E-state index < -0.39 is 11.7 Å². The molecule has 0 radical (unpaired) electrons. The van der Waals surface area contributed by atoms with Crippen LogP contribution in [0.1, 0.15) is 49.7 Å². The summed E-state index contributed by atoms with van der Waals surface area (Å²) in [4.78, 5) is 28.0. The number of nitrogens with one attached hydrogen (secondary N) is 1. The molecule has 2 saturated heterocycles. The van der Waals surface area contributed by atoms with E-state index in [9.17, 15) is 22.8 Å². The van der Waals surface area contributed by atoms with Crippen LogP contribution in [0.2, 0.25) is 0 Å². The highest BCUT2D eigenvalue weighted by Gasteiger charge is 2.41. The lowest BCUT2D eigenvalue weighted by atomic mass is 9.93. The van der Waals surface area contributed by atoms with Gasteiger partial charge in [-0.2, -0.15) is 13.2 Å². The summed E-state index contributed by atoms with van der Waals surface area (Å²) in [6, 6.07) is 4.78. The zero-order valence-electron chi connectivity index (χ0n) is 17.7. The topological polar surface area (TPSA) is 58.6 Å². The Labute approximate surface area is 189 Å². The van der Waals surface area contributed by atoms with Gasteiger partial charge >= 0.3 is 6.18 Å². The van der Waals surface area contributed by atoms with Gasteiger partial charge in [0.05, 0.1) is 16.6 Å². The average molecular weight is 469 g/mol. The van der Waals surface area contributed by atoms with Crippen molar-refractivity contribution < 1.29 is 27.5 Å². The number of fused-ring (bicyclic) bond motifs is 1. The number of nitrogens with zero attached hydrogens (tertiary/aromatic N) is 1. The summed E-state index contributed by atoms with van der Waals surface area (Å²) in [6.07, 6.45) is 3.06. The Bertz CT molecular complexity index is 866. The normalized spacial score (nSPS) is 27.5. The Balaban J connectivity index is 1.48. The second-order valence-corrected chi connectivity index (χ2v) is 9.79. The Morgan fingerprint density at radius 3 is 2.59 bits per heavy atom. The van der Waals surface area contributed by atoms with Crippen LogP contribution in [0.4, 0.5) is 13.2 Å². The molecule has 4 rings (SSSR count). The quantitative estimate of drug-likeness (QED) is 0.658. The van der Waals surface area contributed by atoms with Crippen molar-refractivity contribution in [2.45, 2.75) is 62.1 Å². The van der Waals surface area contributed by atoms with Crippen molar-refractivity contribution >= 4 is 29.7 Å². The number of halogens is 3. The molecule has 1 aliphatic carbocycles. The molecule has 3 atom stereocenters. The molecule has 9 heteroatoms. The predicted molar refractivity (Wildman–Crippen MR) is 117 cm³/mol. The number of amides is 2. The van der Waals surface area contributed by atoms with Gasteiger partial charge in [0.25, 0.3) is 5.91 Å². The third-order valence-electron chi connectivity index (χ3n) is 6.22. The summed E-state index contributed by atoms with van der Waals surface area (Å²) >= 11 is 1.49. The molecule has 3 aliphatic rings. The zero-order valence-corrected chi connectivity index (χ0v) is 18.5. The van der Waals surface area contributed by atoms with E-state index in [1.165, 1.54) is 23.9 Å². The second-order valence-electron chi connectivity index (χ2n) is 8.51. The summed E-state index contributed by atoms with van der Waals surface area (Å²) in [5, 5.41) is 3.07. The molecule has 1 aromatic rings. The highest BCUT2D eigenvalue weighted by atomic mass is 32.2. The summed E-state index contributed by atoms with van der Waals surface area (Å²) < 4.78 is 44.0. The van der Waals surface area contributed by atoms with Crippen molar-refractivity contribution in [3.63, 3.8) is 0 Å². The maximum Gasteiger partial charge on any atom is 0.416 e.